The van der Waals surface area contributed by atoms with Gasteiger partial charge in [0.2, 0.25) is 0 Å². The molecule has 0 bridgehead atoms. The van der Waals surface area contributed by atoms with Gasteiger partial charge in [0.1, 0.15) is 0 Å². The fraction of sp³-hybridized carbons (Fsp3) is 0.364. The molecule has 0 aliphatic carbocycles. The van der Waals surface area contributed by atoms with Crippen LogP contribution in [0.3, 0.4) is 0 Å². The van der Waals surface area contributed by atoms with Crippen LogP contribution in [-0.2, 0) is 13.5 Å². The van der Waals surface area contributed by atoms with Crippen molar-refractivity contribution in [3.63, 3.8) is 0 Å². The van der Waals surface area contributed by atoms with Crippen LogP contribution in [-0.4, -0.2) is 9.78 Å². The number of nitrogens with one attached hydrogen (secondary N) is 1. The second-order valence-electron chi connectivity index (χ2n) is 3.76. The van der Waals surface area contributed by atoms with Crippen LogP contribution < -0.4 is 11.3 Å². The van der Waals surface area contributed by atoms with Crippen LogP contribution in [0, 0.1) is 0 Å². The first-order valence-electron chi connectivity index (χ1n) is 5.39. The lowest BCUT2D eigenvalue weighted by molar-refractivity contribution is 0.582. The van der Waals surface area contributed by atoms with Gasteiger partial charge in [-0.2, -0.15) is 5.10 Å². The highest BCUT2D eigenvalue weighted by Crippen LogP contribution is 2.31. The normalized spacial score (nSPS) is 12.9. The zero-order valence-corrected chi connectivity index (χ0v) is 11.3. The maximum Gasteiger partial charge on any atom is 0.0985 e. The summed E-state index contributed by atoms with van der Waals surface area (Å²) in [4.78, 5) is 2.48. The van der Waals surface area contributed by atoms with E-state index in [0.717, 1.165) is 17.0 Å². The van der Waals surface area contributed by atoms with Crippen molar-refractivity contribution in [2.45, 2.75) is 19.4 Å². The van der Waals surface area contributed by atoms with E-state index in [9.17, 15) is 0 Å². The highest BCUT2D eigenvalue weighted by molar-refractivity contribution is 7.12. The van der Waals surface area contributed by atoms with Crippen LogP contribution in [0.1, 0.15) is 28.4 Å². The molecule has 0 saturated heterocycles. The number of halogens is 1. The number of thiophene rings is 1. The fourth-order valence-electron chi connectivity index (χ4n) is 1.78. The number of nitrogens with two attached hydrogens (primary N) is 1. The molecule has 0 fully saturated rings. The Morgan fingerprint density at radius 2 is 2.35 bits per heavy atom. The Balaban J connectivity index is 2.40. The topological polar surface area (TPSA) is 55.9 Å². The average Bonchev–Trinajstić information content (AvgIpc) is 2.91. The third-order valence-corrected chi connectivity index (χ3v) is 4.28. The number of hydrazine groups is 1. The Morgan fingerprint density at radius 1 is 1.59 bits per heavy atom. The maximum atomic E-state index is 6.13. The first-order chi connectivity index (χ1) is 8.17. The largest absolute Gasteiger partial charge is 0.270 e. The fourth-order valence-corrected chi connectivity index (χ4v) is 3.07. The van der Waals surface area contributed by atoms with Crippen LogP contribution in [0.15, 0.2) is 18.3 Å². The van der Waals surface area contributed by atoms with Crippen molar-refractivity contribution >= 4 is 22.9 Å². The zero-order chi connectivity index (χ0) is 12.4. The molecule has 4 nitrogen and oxygen atoms in total. The highest BCUT2D eigenvalue weighted by Gasteiger charge is 2.21. The van der Waals surface area contributed by atoms with E-state index >= 15 is 0 Å². The Morgan fingerprint density at radius 3 is 2.82 bits per heavy atom. The molecule has 0 aromatic carbocycles. The molecule has 0 aliphatic heterocycles. The SMILES string of the molecule is CCc1ccc(C(NN)c2c(Cl)cnn2C)s1. The summed E-state index contributed by atoms with van der Waals surface area (Å²) in [7, 11) is 1.86. The Hall–Kier alpha value is -0.880. The minimum atomic E-state index is -0.111. The molecule has 1 unspecified atom stereocenters. The lowest BCUT2D eigenvalue weighted by Gasteiger charge is -2.15. The molecule has 0 saturated carbocycles. The van der Waals surface area contributed by atoms with Crippen molar-refractivity contribution in [3.8, 4) is 0 Å². The Labute approximate surface area is 109 Å². The standard InChI is InChI=1S/C11H15ClN4S/c1-3-7-4-5-9(17-7)10(15-13)11-8(12)6-14-16(11)2/h4-6,10,15H,3,13H2,1-2H3. The number of nitrogens with zero attached hydrogens (tertiary/aromatic N) is 2. The summed E-state index contributed by atoms with van der Waals surface area (Å²) >= 11 is 7.87. The van der Waals surface area contributed by atoms with E-state index in [4.69, 9.17) is 17.4 Å². The molecule has 3 N–H and O–H groups in total. The molecular formula is C11H15ClN4S. The van der Waals surface area contributed by atoms with E-state index in [2.05, 4.69) is 29.6 Å². The number of hydrogen-bond donors (Lipinski definition) is 2. The van der Waals surface area contributed by atoms with E-state index in [1.54, 1.807) is 22.2 Å². The average molecular weight is 271 g/mol. The van der Waals surface area contributed by atoms with Gasteiger partial charge in [-0.3, -0.25) is 10.5 Å². The van der Waals surface area contributed by atoms with E-state index in [1.807, 2.05) is 7.05 Å². The van der Waals surface area contributed by atoms with Crippen LogP contribution in [0.5, 0.6) is 0 Å². The van der Waals surface area contributed by atoms with Gasteiger partial charge in [0, 0.05) is 16.8 Å². The van der Waals surface area contributed by atoms with Gasteiger partial charge in [-0.25, -0.2) is 5.43 Å². The first kappa shape index (κ1) is 12.6. The van der Waals surface area contributed by atoms with Gasteiger partial charge in [0.05, 0.1) is 23.0 Å². The smallest absolute Gasteiger partial charge is 0.0985 e. The predicted molar refractivity (Wildman–Crippen MR) is 71.1 cm³/mol. The number of hydrogen-bond acceptors (Lipinski definition) is 4. The lowest BCUT2D eigenvalue weighted by atomic mass is 10.2. The molecule has 0 radical (unpaired) electrons. The third kappa shape index (κ3) is 2.37. The molecule has 2 rings (SSSR count). The molecule has 6 heteroatoms. The van der Waals surface area contributed by atoms with Gasteiger partial charge < -0.3 is 0 Å². The van der Waals surface area contributed by atoms with Gasteiger partial charge in [0.15, 0.2) is 0 Å². The van der Waals surface area contributed by atoms with Crippen LogP contribution in [0.2, 0.25) is 5.02 Å². The van der Waals surface area contributed by atoms with E-state index in [1.165, 1.54) is 4.88 Å². The molecule has 0 amide bonds. The second-order valence-corrected chi connectivity index (χ2v) is 5.37. The van der Waals surface area contributed by atoms with Gasteiger partial charge in [-0.05, 0) is 18.6 Å². The summed E-state index contributed by atoms with van der Waals surface area (Å²) in [5.41, 5.74) is 3.69. The van der Waals surface area contributed by atoms with Crippen LogP contribution in [0.4, 0.5) is 0 Å². The number of rotatable bonds is 4. The maximum absolute atomic E-state index is 6.13. The monoisotopic (exact) mass is 270 g/mol. The molecule has 2 heterocycles. The molecule has 1 atom stereocenters. The van der Waals surface area contributed by atoms with Crippen molar-refractivity contribution in [2.75, 3.05) is 0 Å². The molecule has 0 spiro atoms. The van der Waals surface area contributed by atoms with Gasteiger partial charge in [-0.15, -0.1) is 11.3 Å². The van der Waals surface area contributed by atoms with Gasteiger partial charge in [-0.1, -0.05) is 18.5 Å². The summed E-state index contributed by atoms with van der Waals surface area (Å²) < 4.78 is 1.75. The molecule has 2 aromatic heterocycles. The minimum Gasteiger partial charge on any atom is -0.270 e. The summed E-state index contributed by atoms with van der Waals surface area (Å²) in [6.07, 6.45) is 2.66. The van der Waals surface area contributed by atoms with Crippen LogP contribution in [0.25, 0.3) is 0 Å². The molecular weight excluding hydrogens is 256 g/mol. The molecule has 92 valence electrons. The van der Waals surface area contributed by atoms with Gasteiger partial charge >= 0.3 is 0 Å². The summed E-state index contributed by atoms with van der Waals surface area (Å²) in [5, 5.41) is 4.76. The summed E-state index contributed by atoms with van der Waals surface area (Å²) in [5.74, 6) is 5.64. The minimum absolute atomic E-state index is 0.111. The van der Waals surface area contributed by atoms with Crippen molar-refractivity contribution in [1.82, 2.24) is 15.2 Å². The quantitative estimate of drug-likeness (QED) is 0.662. The number of aromatic nitrogens is 2. The summed E-state index contributed by atoms with van der Waals surface area (Å²) in [6, 6.07) is 4.09. The first-order valence-corrected chi connectivity index (χ1v) is 6.59. The molecule has 0 aliphatic rings. The third-order valence-electron chi connectivity index (χ3n) is 2.69. The van der Waals surface area contributed by atoms with Crippen molar-refractivity contribution in [2.24, 2.45) is 12.9 Å². The van der Waals surface area contributed by atoms with E-state index in [0.29, 0.717) is 5.02 Å². The number of aryl methyl sites for hydroxylation is 2. The van der Waals surface area contributed by atoms with Crippen molar-refractivity contribution in [1.29, 1.82) is 0 Å². The Bertz CT molecular complexity index is 486. The lowest BCUT2D eigenvalue weighted by Crippen LogP contribution is -2.30. The predicted octanol–water partition coefficient (Wildman–Crippen LogP) is 2.25. The second kappa shape index (κ2) is 5.18. The summed E-state index contributed by atoms with van der Waals surface area (Å²) in [6.45, 7) is 2.14. The Kier molecular flexibility index (Phi) is 3.83. The molecule has 17 heavy (non-hydrogen) atoms. The van der Waals surface area contributed by atoms with Crippen molar-refractivity contribution in [3.05, 3.63) is 38.8 Å². The van der Waals surface area contributed by atoms with Crippen LogP contribution >= 0.6 is 22.9 Å². The highest BCUT2D eigenvalue weighted by atomic mass is 35.5. The zero-order valence-electron chi connectivity index (χ0n) is 9.77. The van der Waals surface area contributed by atoms with Crippen molar-refractivity contribution < 1.29 is 0 Å². The van der Waals surface area contributed by atoms with E-state index < -0.39 is 0 Å². The molecule has 2 aromatic rings. The van der Waals surface area contributed by atoms with E-state index in [-0.39, 0.29) is 6.04 Å². The van der Waals surface area contributed by atoms with Gasteiger partial charge in [0.25, 0.3) is 0 Å².